The van der Waals surface area contributed by atoms with Gasteiger partial charge in [-0.3, -0.25) is 4.79 Å². The first kappa shape index (κ1) is 22.3. The minimum absolute atomic E-state index is 0.286. The van der Waals surface area contributed by atoms with Crippen molar-refractivity contribution in [2.45, 2.75) is 13.5 Å². The molecule has 0 heterocycles. The molecular weight excluding hydrogens is 418 g/mol. The van der Waals surface area contributed by atoms with E-state index in [2.05, 4.69) is 5.32 Å². The van der Waals surface area contributed by atoms with Crippen LogP contribution < -0.4 is 24.3 Å². The van der Waals surface area contributed by atoms with Gasteiger partial charge in [0.25, 0.3) is 5.91 Å². The highest BCUT2D eigenvalue weighted by atomic mass is 35.5. The number of benzene rings is 3. The predicted molar refractivity (Wildman–Crippen MR) is 121 cm³/mol. The number of ether oxygens (including phenoxy) is 4. The molecule has 1 amide bonds. The second kappa shape index (κ2) is 10.6. The molecule has 162 valence electrons. The van der Waals surface area contributed by atoms with E-state index in [9.17, 15) is 4.79 Å². The normalized spacial score (nSPS) is 10.3. The Hall–Kier alpha value is -3.38. The van der Waals surface area contributed by atoms with Crippen LogP contribution in [0.25, 0.3) is 0 Å². The molecule has 3 aromatic rings. The van der Waals surface area contributed by atoms with E-state index >= 15 is 0 Å². The van der Waals surface area contributed by atoms with Crippen molar-refractivity contribution in [1.82, 2.24) is 0 Å². The Bertz CT molecular complexity index is 1040. The number of halogens is 1. The molecule has 7 heteroatoms. The number of nitrogens with one attached hydrogen (secondary N) is 1. The van der Waals surface area contributed by atoms with E-state index in [-0.39, 0.29) is 10.9 Å². The second-order valence-electron chi connectivity index (χ2n) is 6.51. The van der Waals surface area contributed by atoms with Gasteiger partial charge in [0, 0.05) is 11.6 Å². The van der Waals surface area contributed by atoms with Crippen molar-refractivity contribution in [2.75, 3.05) is 26.1 Å². The summed E-state index contributed by atoms with van der Waals surface area (Å²) in [6.07, 6.45) is 0. The first-order chi connectivity index (χ1) is 15.0. The van der Waals surface area contributed by atoms with Gasteiger partial charge in [-0.2, -0.15) is 0 Å². The Labute approximate surface area is 186 Å². The Morgan fingerprint density at radius 3 is 2.39 bits per heavy atom. The summed E-state index contributed by atoms with van der Waals surface area (Å²) in [5.74, 6) is 1.53. The third-order valence-corrected chi connectivity index (χ3v) is 4.74. The maximum absolute atomic E-state index is 12.9. The highest BCUT2D eigenvalue weighted by Gasteiger charge is 2.18. The first-order valence-corrected chi connectivity index (χ1v) is 10.1. The summed E-state index contributed by atoms with van der Waals surface area (Å²) >= 11 is 6.46. The molecule has 0 bridgehead atoms. The van der Waals surface area contributed by atoms with Crippen LogP contribution in [0.5, 0.6) is 23.0 Å². The molecule has 0 unspecified atom stereocenters. The first-order valence-electron chi connectivity index (χ1n) is 9.72. The van der Waals surface area contributed by atoms with E-state index < -0.39 is 0 Å². The zero-order chi connectivity index (χ0) is 22.2. The number of hydrogen-bond acceptors (Lipinski definition) is 5. The van der Waals surface area contributed by atoms with Gasteiger partial charge in [-0.25, -0.2) is 0 Å². The van der Waals surface area contributed by atoms with Gasteiger partial charge < -0.3 is 24.3 Å². The second-order valence-corrected chi connectivity index (χ2v) is 6.92. The van der Waals surface area contributed by atoms with E-state index in [1.807, 2.05) is 37.3 Å². The lowest BCUT2D eigenvalue weighted by Crippen LogP contribution is -2.13. The van der Waals surface area contributed by atoms with Gasteiger partial charge in [-0.05, 0) is 36.8 Å². The van der Waals surface area contributed by atoms with Crippen molar-refractivity contribution >= 4 is 23.2 Å². The number of carbonyl (C=O) groups is 1. The van der Waals surface area contributed by atoms with Crippen molar-refractivity contribution in [3.63, 3.8) is 0 Å². The SMILES string of the molecule is CCOc1cc(C(=O)Nc2ccc(OC)cc2OC)cc(Cl)c1OCc1ccccc1. The van der Waals surface area contributed by atoms with Gasteiger partial charge in [0.15, 0.2) is 11.5 Å². The summed E-state index contributed by atoms with van der Waals surface area (Å²) in [6.45, 7) is 2.58. The molecule has 0 saturated carbocycles. The summed E-state index contributed by atoms with van der Waals surface area (Å²) in [6, 6.07) is 18.0. The summed E-state index contributed by atoms with van der Waals surface area (Å²) in [5.41, 5.74) is 1.83. The van der Waals surface area contributed by atoms with Gasteiger partial charge in [0.05, 0.1) is 31.5 Å². The molecule has 0 aromatic heterocycles. The number of carbonyl (C=O) groups excluding carboxylic acids is 1. The molecule has 3 aromatic carbocycles. The van der Waals surface area contributed by atoms with Gasteiger partial charge in [-0.15, -0.1) is 0 Å². The van der Waals surface area contributed by atoms with Crippen LogP contribution in [0.4, 0.5) is 5.69 Å². The lowest BCUT2D eigenvalue weighted by Gasteiger charge is -2.16. The van der Waals surface area contributed by atoms with Gasteiger partial charge >= 0.3 is 0 Å². The van der Waals surface area contributed by atoms with Crippen LogP contribution in [0.2, 0.25) is 5.02 Å². The fourth-order valence-corrected chi connectivity index (χ4v) is 3.19. The van der Waals surface area contributed by atoms with Crippen LogP contribution in [0.3, 0.4) is 0 Å². The molecule has 3 rings (SSSR count). The largest absolute Gasteiger partial charge is 0.497 e. The van der Waals surface area contributed by atoms with Crippen LogP contribution in [-0.4, -0.2) is 26.7 Å². The molecule has 1 N–H and O–H groups in total. The topological polar surface area (TPSA) is 66.0 Å². The lowest BCUT2D eigenvalue weighted by atomic mass is 10.1. The standard InChI is InChI=1S/C24H24ClNO5/c1-4-30-22-13-17(12-19(25)23(22)31-15-16-8-6-5-7-9-16)24(27)26-20-11-10-18(28-2)14-21(20)29-3/h5-14H,4,15H2,1-3H3,(H,26,27). The van der Waals surface area contributed by atoms with E-state index in [0.29, 0.717) is 47.5 Å². The van der Waals surface area contributed by atoms with Gasteiger partial charge in [0.1, 0.15) is 18.1 Å². The molecule has 0 radical (unpaired) electrons. The molecule has 0 spiro atoms. The molecule has 0 aliphatic rings. The highest BCUT2D eigenvalue weighted by Crippen LogP contribution is 2.38. The molecule has 6 nitrogen and oxygen atoms in total. The van der Waals surface area contributed by atoms with Crippen LogP contribution in [0, 0.1) is 0 Å². The maximum atomic E-state index is 12.9. The van der Waals surface area contributed by atoms with Gasteiger partial charge in [0.2, 0.25) is 0 Å². The fraction of sp³-hybridized carbons (Fsp3) is 0.208. The summed E-state index contributed by atoms with van der Waals surface area (Å²) < 4.78 is 22.1. The zero-order valence-corrected chi connectivity index (χ0v) is 18.4. The third kappa shape index (κ3) is 5.61. The van der Waals surface area contributed by atoms with E-state index in [4.69, 9.17) is 30.5 Å². The summed E-state index contributed by atoms with van der Waals surface area (Å²) in [5, 5.41) is 3.11. The minimum Gasteiger partial charge on any atom is -0.497 e. The number of methoxy groups -OCH3 is 2. The predicted octanol–water partition coefficient (Wildman–Crippen LogP) is 5.59. The maximum Gasteiger partial charge on any atom is 0.255 e. The zero-order valence-electron chi connectivity index (χ0n) is 17.6. The smallest absolute Gasteiger partial charge is 0.255 e. The molecular formula is C24H24ClNO5. The monoisotopic (exact) mass is 441 g/mol. The highest BCUT2D eigenvalue weighted by molar-refractivity contribution is 6.32. The Morgan fingerprint density at radius 2 is 1.71 bits per heavy atom. The Kier molecular flexibility index (Phi) is 7.62. The van der Waals surface area contributed by atoms with Crippen molar-refractivity contribution in [3.8, 4) is 23.0 Å². The number of amides is 1. The van der Waals surface area contributed by atoms with Crippen molar-refractivity contribution < 1.29 is 23.7 Å². The third-order valence-electron chi connectivity index (χ3n) is 4.45. The van der Waals surface area contributed by atoms with Crippen molar-refractivity contribution in [1.29, 1.82) is 0 Å². The molecule has 0 aliphatic carbocycles. The number of hydrogen-bond donors (Lipinski definition) is 1. The minimum atomic E-state index is -0.360. The van der Waals surface area contributed by atoms with E-state index in [0.717, 1.165) is 5.56 Å². The van der Waals surface area contributed by atoms with E-state index in [1.165, 1.54) is 7.11 Å². The Morgan fingerprint density at radius 1 is 0.935 bits per heavy atom. The lowest BCUT2D eigenvalue weighted by molar-refractivity contribution is 0.102. The molecule has 0 aliphatic heterocycles. The summed E-state index contributed by atoms with van der Waals surface area (Å²) in [4.78, 5) is 12.9. The fourth-order valence-electron chi connectivity index (χ4n) is 2.93. The summed E-state index contributed by atoms with van der Waals surface area (Å²) in [7, 11) is 3.08. The van der Waals surface area contributed by atoms with Crippen LogP contribution in [0.15, 0.2) is 60.7 Å². The average molecular weight is 442 g/mol. The molecule has 0 atom stereocenters. The molecule has 0 fully saturated rings. The van der Waals surface area contributed by atoms with Crippen LogP contribution >= 0.6 is 11.6 Å². The number of rotatable bonds is 9. The van der Waals surface area contributed by atoms with Crippen molar-refractivity contribution in [3.05, 3.63) is 76.8 Å². The van der Waals surface area contributed by atoms with E-state index in [1.54, 1.807) is 37.4 Å². The molecule has 0 saturated heterocycles. The van der Waals surface area contributed by atoms with Crippen LogP contribution in [0.1, 0.15) is 22.8 Å². The quantitative estimate of drug-likeness (QED) is 0.469. The van der Waals surface area contributed by atoms with Crippen molar-refractivity contribution in [2.24, 2.45) is 0 Å². The average Bonchev–Trinajstić information content (AvgIpc) is 2.79. The van der Waals surface area contributed by atoms with Crippen LogP contribution in [-0.2, 0) is 6.61 Å². The Balaban J connectivity index is 1.83. The number of anilines is 1. The molecule has 31 heavy (non-hydrogen) atoms. The van der Waals surface area contributed by atoms with Gasteiger partial charge in [-0.1, -0.05) is 41.9 Å².